The monoisotopic (exact) mass is 365 g/mol. The summed E-state index contributed by atoms with van der Waals surface area (Å²) >= 11 is 0. The lowest BCUT2D eigenvalue weighted by molar-refractivity contribution is -0.132. The number of rotatable bonds is 7. The van der Waals surface area contributed by atoms with Gasteiger partial charge in [-0.1, -0.05) is 30.3 Å². The zero-order valence-corrected chi connectivity index (χ0v) is 16.4. The van der Waals surface area contributed by atoms with Crippen molar-refractivity contribution >= 4 is 5.91 Å². The molecule has 0 radical (unpaired) electrons. The summed E-state index contributed by atoms with van der Waals surface area (Å²) in [6.45, 7) is 5.08. The molecule has 1 aromatic carbocycles. The molecule has 2 aliphatic rings. The summed E-state index contributed by atoms with van der Waals surface area (Å²) in [5.74, 6) is 3.00. The quantitative estimate of drug-likeness (QED) is 0.732. The molecule has 1 saturated carbocycles. The Balaban J connectivity index is 1.22. The maximum absolute atomic E-state index is 12.5. The first-order chi connectivity index (χ1) is 13.2. The summed E-state index contributed by atoms with van der Waals surface area (Å²) in [5, 5.41) is 0. The summed E-state index contributed by atoms with van der Waals surface area (Å²) in [7, 11) is 0. The highest BCUT2D eigenvalue weighted by Crippen LogP contribution is 2.40. The lowest BCUT2D eigenvalue weighted by Crippen LogP contribution is -2.39. The molecule has 27 heavy (non-hydrogen) atoms. The van der Waals surface area contributed by atoms with Crippen molar-refractivity contribution < 1.29 is 4.79 Å². The van der Waals surface area contributed by atoms with Gasteiger partial charge in [0.05, 0.1) is 0 Å². The second-order valence-electron chi connectivity index (χ2n) is 8.31. The van der Waals surface area contributed by atoms with Gasteiger partial charge in [-0.25, -0.2) is 4.98 Å². The molecule has 4 rings (SSSR count). The van der Waals surface area contributed by atoms with Crippen molar-refractivity contribution in [3.05, 3.63) is 53.6 Å². The van der Waals surface area contributed by atoms with Crippen LogP contribution in [0.2, 0.25) is 0 Å². The molecule has 0 unspecified atom stereocenters. The Morgan fingerprint density at radius 1 is 1.11 bits per heavy atom. The Morgan fingerprint density at radius 2 is 1.85 bits per heavy atom. The second kappa shape index (κ2) is 8.28. The molecule has 0 spiro atoms. The van der Waals surface area contributed by atoms with Crippen LogP contribution in [0.3, 0.4) is 0 Å². The number of aryl methyl sites for hydroxylation is 2. The average molecular weight is 366 g/mol. The molecule has 2 fully saturated rings. The third-order valence-electron chi connectivity index (χ3n) is 6.14. The second-order valence-corrected chi connectivity index (χ2v) is 8.31. The highest BCUT2D eigenvalue weighted by molar-refractivity contribution is 5.76. The first-order valence-corrected chi connectivity index (χ1v) is 10.5. The maximum Gasteiger partial charge on any atom is 0.222 e. The van der Waals surface area contributed by atoms with Crippen LogP contribution in [-0.2, 0) is 17.8 Å². The fourth-order valence-electron chi connectivity index (χ4n) is 4.25. The molecule has 1 aliphatic heterocycles. The number of likely N-dealkylation sites (tertiary alicyclic amines) is 1. The first-order valence-electron chi connectivity index (χ1n) is 10.5. The molecule has 0 N–H and O–H groups in total. The predicted molar refractivity (Wildman–Crippen MR) is 108 cm³/mol. The van der Waals surface area contributed by atoms with E-state index in [0.29, 0.717) is 24.2 Å². The van der Waals surface area contributed by atoms with Gasteiger partial charge in [-0.2, -0.15) is 0 Å². The number of aromatic nitrogens is 2. The maximum atomic E-state index is 12.5. The van der Waals surface area contributed by atoms with Gasteiger partial charge in [-0.05, 0) is 56.9 Å². The Morgan fingerprint density at radius 3 is 2.56 bits per heavy atom. The van der Waals surface area contributed by atoms with Crippen molar-refractivity contribution in [2.24, 2.45) is 5.92 Å². The van der Waals surface area contributed by atoms with Gasteiger partial charge in [0.15, 0.2) is 0 Å². The van der Waals surface area contributed by atoms with Gasteiger partial charge in [0.2, 0.25) is 5.91 Å². The molecule has 2 aromatic rings. The Hall–Kier alpha value is -2.10. The number of carbonyl (C=O) groups is 1. The Labute approximate surface area is 162 Å². The van der Waals surface area contributed by atoms with E-state index >= 15 is 0 Å². The van der Waals surface area contributed by atoms with Crippen LogP contribution >= 0.6 is 0 Å². The molecule has 1 saturated heterocycles. The van der Waals surface area contributed by atoms with E-state index < -0.39 is 0 Å². The molecule has 0 atom stereocenters. The molecule has 1 amide bonds. The van der Waals surface area contributed by atoms with Crippen LogP contribution in [0, 0.1) is 12.8 Å². The van der Waals surface area contributed by atoms with Gasteiger partial charge >= 0.3 is 0 Å². The minimum absolute atomic E-state index is 0.335. The van der Waals surface area contributed by atoms with Crippen LogP contribution in [0.25, 0.3) is 0 Å². The number of carbonyl (C=O) groups excluding carboxylic acids is 1. The number of benzene rings is 1. The summed E-state index contributed by atoms with van der Waals surface area (Å²) in [6.07, 6.45) is 9.47. The van der Waals surface area contributed by atoms with Crippen molar-refractivity contribution in [1.82, 2.24) is 14.5 Å². The lowest BCUT2D eigenvalue weighted by Gasteiger charge is -2.32. The molecule has 144 valence electrons. The van der Waals surface area contributed by atoms with Gasteiger partial charge in [-0.3, -0.25) is 4.79 Å². The van der Waals surface area contributed by atoms with Gasteiger partial charge in [-0.15, -0.1) is 0 Å². The Kier molecular flexibility index (Phi) is 5.61. The van der Waals surface area contributed by atoms with E-state index in [1.54, 1.807) is 0 Å². The molecule has 2 heterocycles. The van der Waals surface area contributed by atoms with Crippen LogP contribution in [0.1, 0.15) is 61.5 Å². The molecular formula is C23H31N3O. The highest BCUT2D eigenvalue weighted by atomic mass is 16.2. The van der Waals surface area contributed by atoms with Crippen LogP contribution < -0.4 is 0 Å². The van der Waals surface area contributed by atoms with E-state index in [-0.39, 0.29) is 0 Å². The zero-order chi connectivity index (χ0) is 18.6. The van der Waals surface area contributed by atoms with Crippen molar-refractivity contribution in [2.45, 2.75) is 64.3 Å². The number of piperidine rings is 1. The lowest BCUT2D eigenvalue weighted by atomic mass is 9.96. The minimum Gasteiger partial charge on any atom is -0.343 e. The van der Waals surface area contributed by atoms with Gasteiger partial charge in [0.25, 0.3) is 0 Å². The fourth-order valence-corrected chi connectivity index (χ4v) is 4.25. The first kappa shape index (κ1) is 18.3. The standard InChI is InChI=1S/C23H31N3O/c1-18-16-24-23(21-10-11-21)26(18)17-20-12-14-25(15-13-20)22(27)9-5-8-19-6-3-2-4-7-19/h2-4,6-7,16,20-21H,5,8-15,17H2,1H3. The predicted octanol–water partition coefficient (Wildman–Crippen LogP) is 4.33. The summed E-state index contributed by atoms with van der Waals surface area (Å²) in [6, 6.07) is 10.5. The van der Waals surface area contributed by atoms with Crippen LogP contribution in [-0.4, -0.2) is 33.4 Å². The summed E-state index contributed by atoms with van der Waals surface area (Å²) < 4.78 is 2.44. The number of imidazole rings is 1. The highest BCUT2D eigenvalue weighted by Gasteiger charge is 2.30. The molecule has 4 nitrogen and oxygen atoms in total. The molecule has 0 bridgehead atoms. The molecule has 1 aromatic heterocycles. The van der Waals surface area contributed by atoms with E-state index in [2.05, 4.69) is 45.6 Å². The van der Waals surface area contributed by atoms with Crippen LogP contribution in [0.5, 0.6) is 0 Å². The summed E-state index contributed by atoms with van der Waals surface area (Å²) in [5.41, 5.74) is 2.61. The largest absolute Gasteiger partial charge is 0.343 e. The average Bonchev–Trinajstić information content (AvgIpc) is 3.48. The minimum atomic E-state index is 0.335. The molecular weight excluding hydrogens is 334 g/mol. The SMILES string of the molecule is Cc1cnc(C2CC2)n1CC1CCN(C(=O)CCCc2ccccc2)CC1. The molecule has 4 heteroatoms. The van der Waals surface area contributed by atoms with Crippen LogP contribution in [0.4, 0.5) is 0 Å². The number of hydrogen-bond donors (Lipinski definition) is 0. The number of hydrogen-bond acceptors (Lipinski definition) is 2. The smallest absolute Gasteiger partial charge is 0.222 e. The van der Waals surface area contributed by atoms with Gasteiger partial charge in [0, 0.05) is 43.9 Å². The number of nitrogens with zero attached hydrogens (tertiary/aromatic N) is 3. The van der Waals surface area contributed by atoms with E-state index in [1.165, 1.54) is 29.9 Å². The van der Waals surface area contributed by atoms with E-state index in [0.717, 1.165) is 45.3 Å². The van der Waals surface area contributed by atoms with Crippen molar-refractivity contribution in [1.29, 1.82) is 0 Å². The van der Waals surface area contributed by atoms with Crippen LogP contribution in [0.15, 0.2) is 36.5 Å². The van der Waals surface area contributed by atoms with E-state index in [9.17, 15) is 4.79 Å². The van der Waals surface area contributed by atoms with E-state index in [4.69, 9.17) is 0 Å². The molecule has 1 aliphatic carbocycles. The van der Waals surface area contributed by atoms with Gasteiger partial charge in [0.1, 0.15) is 5.82 Å². The van der Waals surface area contributed by atoms with Crippen molar-refractivity contribution in [3.8, 4) is 0 Å². The van der Waals surface area contributed by atoms with Gasteiger partial charge < -0.3 is 9.47 Å². The number of amides is 1. The topological polar surface area (TPSA) is 38.1 Å². The van der Waals surface area contributed by atoms with Crippen molar-refractivity contribution in [2.75, 3.05) is 13.1 Å². The third kappa shape index (κ3) is 4.60. The zero-order valence-electron chi connectivity index (χ0n) is 16.4. The Bertz CT molecular complexity index is 755. The summed E-state index contributed by atoms with van der Waals surface area (Å²) in [4.78, 5) is 19.3. The van der Waals surface area contributed by atoms with E-state index in [1.807, 2.05) is 12.3 Å². The third-order valence-corrected chi connectivity index (χ3v) is 6.14. The van der Waals surface area contributed by atoms with Crippen molar-refractivity contribution in [3.63, 3.8) is 0 Å². The normalized spacial score (nSPS) is 18.0. The fraction of sp³-hybridized carbons (Fsp3) is 0.565.